The molecule has 16 heavy (non-hydrogen) atoms. The van der Waals surface area contributed by atoms with Crippen LogP contribution in [0.15, 0.2) is 24.3 Å². The van der Waals surface area contributed by atoms with Gasteiger partial charge < -0.3 is 9.84 Å². The highest BCUT2D eigenvalue weighted by Crippen LogP contribution is 2.45. The van der Waals surface area contributed by atoms with Crippen molar-refractivity contribution in [3.05, 3.63) is 29.3 Å². The smallest absolute Gasteiger partial charge is 0.119 e. The van der Waals surface area contributed by atoms with Crippen LogP contribution in [-0.2, 0) is 0 Å². The van der Waals surface area contributed by atoms with Crippen LogP contribution in [0.1, 0.15) is 26.7 Å². The Kier molecular flexibility index (Phi) is 3.13. The maximum Gasteiger partial charge on any atom is 0.119 e. The lowest BCUT2D eigenvalue weighted by molar-refractivity contribution is -0.147. The fraction of sp³-hybridized carbons (Fsp3) is 0.538. The Morgan fingerprint density at radius 2 is 2.06 bits per heavy atom. The molecule has 1 fully saturated rings. The molecule has 3 atom stereocenters. The first-order chi connectivity index (χ1) is 7.56. The van der Waals surface area contributed by atoms with Crippen LogP contribution in [0.5, 0.6) is 5.75 Å². The second-order valence-corrected chi connectivity index (χ2v) is 5.11. The van der Waals surface area contributed by atoms with Gasteiger partial charge in [-0.2, -0.15) is 0 Å². The van der Waals surface area contributed by atoms with Crippen molar-refractivity contribution < 1.29 is 9.84 Å². The van der Waals surface area contributed by atoms with Crippen LogP contribution in [0.3, 0.4) is 0 Å². The predicted octanol–water partition coefficient (Wildman–Crippen LogP) is 3.27. The summed E-state index contributed by atoms with van der Waals surface area (Å²) in [5, 5.41) is 10.5. The van der Waals surface area contributed by atoms with E-state index < -0.39 is 0 Å². The molecule has 88 valence electrons. The summed E-state index contributed by atoms with van der Waals surface area (Å²) in [5.74, 6) is 0.820. The first kappa shape index (κ1) is 11.7. The van der Waals surface area contributed by atoms with Crippen molar-refractivity contribution >= 4 is 11.6 Å². The van der Waals surface area contributed by atoms with Gasteiger partial charge in [-0.25, -0.2) is 0 Å². The standard InChI is InChI=1S/C13H17ClO2/c1-3-13(2)11(15)8-12(13)16-10-6-4-9(14)5-7-10/h4-7,11-12,15H,3,8H2,1-2H3. The number of benzene rings is 1. The van der Waals surface area contributed by atoms with Gasteiger partial charge in [-0.1, -0.05) is 25.4 Å². The Bertz CT molecular complexity index is 363. The summed E-state index contributed by atoms with van der Waals surface area (Å²) in [4.78, 5) is 0. The molecule has 3 unspecified atom stereocenters. The van der Waals surface area contributed by atoms with Gasteiger partial charge in [-0.05, 0) is 30.7 Å². The number of hydrogen-bond acceptors (Lipinski definition) is 2. The second kappa shape index (κ2) is 4.27. The molecule has 2 nitrogen and oxygen atoms in total. The summed E-state index contributed by atoms with van der Waals surface area (Å²) in [6.07, 6.45) is 1.50. The highest BCUT2D eigenvalue weighted by atomic mass is 35.5. The lowest BCUT2D eigenvalue weighted by Crippen LogP contribution is -2.57. The minimum Gasteiger partial charge on any atom is -0.490 e. The van der Waals surface area contributed by atoms with E-state index in [9.17, 15) is 5.11 Å². The minimum absolute atomic E-state index is 0.105. The summed E-state index contributed by atoms with van der Waals surface area (Å²) < 4.78 is 5.86. The van der Waals surface area contributed by atoms with Crippen LogP contribution in [0.2, 0.25) is 5.02 Å². The highest BCUT2D eigenvalue weighted by Gasteiger charge is 2.51. The summed E-state index contributed by atoms with van der Waals surface area (Å²) >= 11 is 5.81. The van der Waals surface area contributed by atoms with E-state index in [4.69, 9.17) is 16.3 Å². The summed E-state index contributed by atoms with van der Waals surface area (Å²) in [6, 6.07) is 7.36. The van der Waals surface area contributed by atoms with Crippen molar-refractivity contribution in [2.45, 2.75) is 38.9 Å². The SMILES string of the molecule is CCC1(C)C(O)CC1Oc1ccc(Cl)cc1. The van der Waals surface area contributed by atoms with Crippen molar-refractivity contribution in [1.29, 1.82) is 0 Å². The Morgan fingerprint density at radius 1 is 1.44 bits per heavy atom. The third-order valence-corrected chi connectivity index (χ3v) is 4.04. The molecule has 1 N–H and O–H groups in total. The van der Waals surface area contributed by atoms with Gasteiger partial charge in [-0.3, -0.25) is 0 Å². The van der Waals surface area contributed by atoms with Crippen molar-refractivity contribution in [2.75, 3.05) is 0 Å². The van der Waals surface area contributed by atoms with Gasteiger partial charge in [-0.15, -0.1) is 0 Å². The first-order valence-electron chi connectivity index (χ1n) is 5.66. The largest absolute Gasteiger partial charge is 0.490 e. The van der Waals surface area contributed by atoms with Gasteiger partial charge in [0.25, 0.3) is 0 Å². The van der Waals surface area contributed by atoms with Gasteiger partial charge in [0.1, 0.15) is 11.9 Å². The predicted molar refractivity (Wildman–Crippen MR) is 64.9 cm³/mol. The summed E-state index contributed by atoms with van der Waals surface area (Å²) in [6.45, 7) is 4.16. The van der Waals surface area contributed by atoms with Crippen molar-refractivity contribution in [1.82, 2.24) is 0 Å². The zero-order valence-corrected chi connectivity index (χ0v) is 10.4. The third kappa shape index (κ3) is 1.92. The maximum absolute atomic E-state index is 9.76. The number of rotatable bonds is 3. The lowest BCUT2D eigenvalue weighted by Gasteiger charge is -2.50. The molecule has 0 radical (unpaired) electrons. The van der Waals surface area contributed by atoms with Crippen molar-refractivity contribution in [3.8, 4) is 5.75 Å². The van der Waals surface area contributed by atoms with E-state index in [1.807, 2.05) is 24.3 Å². The normalized spacial score (nSPS) is 33.2. The average Bonchev–Trinajstić information content (AvgIpc) is 2.30. The molecule has 1 aromatic carbocycles. The maximum atomic E-state index is 9.76. The molecule has 0 amide bonds. The minimum atomic E-state index is -0.241. The van der Waals surface area contributed by atoms with E-state index >= 15 is 0 Å². The van der Waals surface area contributed by atoms with E-state index in [1.54, 1.807) is 0 Å². The van der Waals surface area contributed by atoms with Crippen LogP contribution in [-0.4, -0.2) is 17.3 Å². The molecule has 0 saturated heterocycles. The number of ether oxygens (including phenoxy) is 1. The van der Waals surface area contributed by atoms with E-state index in [0.29, 0.717) is 11.4 Å². The van der Waals surface area contributed by atoms with Gasteiger partial charge in [0.05, 0.1) is 6.10 Å². The summed E-state index contributed by atoms with van der Waals surface area (Å²) in [5.41, 5.74) is -0.111. The van der Waals surface area contributed by atoms with E-state index in [1.165, 1.54) is 0 Å². The van der Waals surface area contributed by atoms with E-state index in [2.05, 4.69) is 13.8 Å². The van der Waals surface area contributed by atoms with Gasteiger partial charge in [0.15, 0.2) is 0 Å². The summed E-state index contributed by atoms with van der Waals surface area (Å²) in [7, 11) is 0. The number of halogens is 1. The molecule has 1 saturated carbocycles. The Labute approximate surface area is 101 Å². The van der Waals surface area contributed by atoms with E-state index in [0.717, 1.165) is 12.2 Å². The molecule has 0 aliphatic heterocycles. The molecule has 2 rings (SSSR count). The molecular weight excluding hydrogens is 224 g/mol. The van der Waals surface area contributed by atoms with Crippen molar-refractivity contribution in [3.63, 3.8) is 0 Å². The Balaban J connectivity index is 2.04. The van der Waals surface area contributed by atoms with Crippen LogP contribution >= 0.6 is 11.6 Å². The van der Waals surface area contributed by atoms with Crippen LogP contribution in [0.4, 0.5) is 0 Å². The highest BCUT2D eigenvalue weighted by molar-refractivity contribution is 6.30. The molecule has 1 aromatic rings. The third-order valence-electron chi connectivity index (χ3n) is 3.79. The molecule has 0 bridgehead atoms. The topological polar surface area (TPSA) is 29.5 Å². The molecular formula is C13H17ClO2. The number of aliphatic hydroxyl groups excluding tert-OH is 1. The number of hydrogen-bond donors (Lipinski definition) is 1. The van der Waals surface area contributed by atoms with Gasteiger partial charge in [0.2, 0.25) is 0 Å². The quantitative estimate of drug-likeness (QED) is 0.879. The van der Waals surface area contributed by atoms with E-state index in [-0.39, 0.29) is 17.6 Å². The molecule has 0 spiro atoms. The fourth-order valence-electron chi connectivity index (χ4n) is 2.12. The molecule has 0 aromatic heterocycles. The monoisotopic (exact) mass is 240 g/mol. The van der Waals surface area contributed by atoms with Crippen LogP contribution in [0.25, 0.3) is 0 Å². The fourth-order valence-corrected chi connectivity index (χ4v) is 2.24. The van der Waals surface area contributed by atoms with Crippen molar-refractivity contribution in [2.24, 2.45) is 5.41 Å². The molecule has 1 aliphatic rings. The average molecular weight is 241 g/mol. The lowest BCUT2D eigenvalue weighted by atomic mass is 9.63. The molecule has 3 heteroatoms. The van der Waals surface area contributed by atoms with Crippen LogP contribution < -0.4 is 4.74 Å². The number of aliphatic hydroxyl groups is 1. The molecule has 0 heterocycles. The van der Waals surface area contributed by atoms with Gasteiger partial charge >= 0.3 is 0 Å². The van der Waals surface area contributed by atoms with Gasteiger partial charge in [0, 0.05) is 16.9 Å². The van der Waals surface area contributed by atoms with Crippen LogP contribution in [0, 0.1) is 5.41 Å². The zero-order valence-electron chi connectivity index (χ0n) is 9.61. The zero-order chi connectivity index (χ0) is 11.8. The molecule has 1 aliphatic carbocycles. The Hall–Kier alpha value is -0.730. The Morgan fingerprint density at radius 3 is 2.56 bits per heavy atom. The first-order valence-corrected chi connectivity index (χ1v) is 6.04. The second-order valence-electron chi connectivity index (χ2n) is 4.67.